The van der Waals surface area contributed by atoms with Gasteiger partial charge in [-0.2, -0.15) is 0 Å². The fraction of sp³-hybridized carbons (Fsp3) is 0.818. The molecule has 2 rings (SSSR count). The molecule has 0 atom stereocenters. The lowest BCUT2D eigenvalue weighted by atomic mass is 9.67. The van der Waals surface area contributed by atoms with Crippen LogP contribution >= 0.6 is 0 Å². The fourth-order valence-corrected chi connectivity index (χ4v) is 2.62. The molecule has 2 aliphatic rings. The zero-order valence-electron chi connectivity index (χ0n) is 9.41. The van der Waals surface area contributed by atoms with Gasteiger partial charge in [-0.15, -0.1) is 0 Å². The minimum absolute atomic E-state index is 0.0547. The average Bonchev–Trinajstić information content (AvgIpc) is 2.68. The van der Waals surface area contributed by atoms with Crippen LogP contribution in [0.15, 0.2) is 5.16 Å². The number of hydrogen-bond acceptors (Lipinski definition) is 3. The second-order valence-corrected chi connectivity index (χ2v) is 4.88. The van der Waals surface area contributed by atoms with Crippen LogP contribution in [0.2, 0.25) is 0 Å². The first kappa shape index (κ1) is 11.2. The van der Waals surface area contributed by atoms with Gasteiger partial charge in [0, 0.05) is 6.04 Å². The summed E-state index contributed by atoms with van der Waals surface area (Å²) in [6, 6.07) is 0.288. The van der Waals surface area contributed by atoms with Gasteiger partial charge in [-0.05, 0) is 25.7 Å². The highest BCUT2D eigenvalue weighted by Crippen LogP contribution is 2.41. The number of amidine groups is 1. The van der Waals surface area contributed by atoms with E-state index in [9.17, 15) is 4.79 Å². The summed E-state index contributed by atoms with van der Waals surface area (Å²) in [7, 11) is 0. The minimum Gasteiger partial charge on any atom is -0.409 e. The quantitative estimate of drug-likeness (QED) is 0.289. The lowest BCUT2D eigenvalue weighted by molar-refractivity contribution is -0.131. The van der Waals surface area contributed by atoms with E-state index in [0.717, 1.165) is 19.3 Å². The smallest absolute Gasteiger partial charge is 0.234 e. The van der Waals surface area contributed by atoms with Gasteiger partial charge in [0.2, 0.25) is 5.91 Å². The third-order valence-corrected chi connectivity index (χ3v) is 3.93. The molecular weight excluding hydrogens is 206 g/mol. The number of carbonyl (C=O) groups excluding carboxylic acids is 1. The highest BCUT2D eigenvalue weighted by atomic mass is 16.4. The van der Waals surface area contributed by atoms with Crippen molar-refractivity contribution in [2.45, 2.75) is 51.0 Å². The Morgan fingerprint density at radius 1 is 1.31 bits per heavy atom. The van der Waals surface area contributed by atoms with Gasteiger partial charge in [0.1, 0.15) is 5.41 Å². The van der Waals surface area contributed by atoms with E-state index in [-0.39, 0.29) is 17.8 Å². The van der Waals surface area contributed by atoms with Crippen molar-refractivity contribution in [1.29, 1.82) is 0 Å². The summed E-state index contributed by atoms with van der Waals surface area (Å²) >= 11 is 0. The second-order valence-electron chi connectivity index (χ2n) is 4.88. The summed E-state index contributed by atoms with van der Waals surface area (Å²) < 4.78 is 0. The highest BCUT2D eigenvalue weighted by molar-refractivity contribution is 6.07. The Balaban J connectivity index is 2.01. The highest BCUT2D eigenvalue weighted by Gasteiger charge is 2.48. The summed E-state index contributed by atoms with van der Waals surface area (Å²) in [6.07, 6.45) is 6.83. The molecule has 1 amide bonds. The molecule has 0 aromatic rings. The predicted octanol–water partition coefficient (Wildman–Crippen LogP) is 0.962. The topological polar surface area (TPSA) is 87.7 Å². The SMILES string of the molecule is NC(=NO)C1(C(=O)NC2CCCC2)CCC1. The first-order chi connectivity index (χ1) is 7.69. The maximum absolute atomic E-state index is 12.1. The van der Waals surface area contributed by atoms with Crippen LogP contribution in [0.5, 0.6) is 0 Å². The molecule has 0 aromatic heterocycles. The van der Waals surface area contributed by atoms with Crippen LogP contribution in [0.25, 0.3) is 0 Å². The molecule has 0 aliphatic heterocycles. The Morgan fingerprint density at radius 3 is 2.38 bits per heavy atom. The largest absolute Gasteiger partial charge is 0.409 e. The molecule has 2 saturated carbocycles. The monoisotopic (exact) mass is 225 g/mol. The second kappa shape index (κ2) is 4.31. The molecule has 4 N–H and O–H groups in total. The maximum Gasteiger partial charge on any atom is 0.234 e. The van der Waals surface area contributed by atoms with Gasteiger partial charge >= 0.3 is 0 Å². The number of nitrogens with two attached hydrogens (primary N) is 1. The Morgan fingerprint density at radius 2 is 1.94 bits per heavy atom. The van der Waals surface area contributed by atoms with Gasteiger partial charge < -0.3 is 16.3 Å². The summed E-state index contributed by atoms with van der Waals surface area (Å²) in [5.74, 6) is 0.00944. The summed E-state index contributed by atoms with van der Waals surface area (Å²) in [4.78, 5) is 12.1. The lowest BCUT2D eigenvalue weighted by Gasteiger charge is -2.39. The van der Waals surface area contributed by atoms with Gasteiger partial charge in [-0.3, -0.25) is 4.79 Å². The van der Waals surface area contributed by atoms with Gasteiger partial charge in [-0.1, -0.05) is 24.4 Å². The van der Waals surface area contributed by atoms with Crippen molar-refractivity contribution in [3.8, 4) is 0 Å². The summed E-state index contributed by atoms with van der Waals surface area (Å²) in [6.45, 7) is 0. The van der Waals surface area contributed by atoms with Gasteiger partial charge in [0.15, 0.2) is 5.84 Å². The van der Waals surface area contributed by atoms with Crippen LogP contribution in [0.1, 0.15) is 44.9 Å². The van der Waals surface area contributed by atoms with Crippen molar-refractivity contribution in [2.75, 3.05) is 0 Å². The molecule has 0 spiro atoms. The van der Waals surface area contributed by atoms with E-state index in [1.165, 1.54) is 12.8 Å². The van der Waals surface area contributed by atoms with E-state index in [4.69, 9.17) is 10.9 Å². The first-order valence-corrected chi connectivity index (χ1v) is 5.98. The molecule has 0 unspecified atom stereocenters. The number of hydrogen-bond donors (Lipinski definition) is 3. The molecule has 5 nitrogen and oxygen atoms in total. The molecule has 0 aromatic carbocycles. The number of rotatable bonds is 3. The Bertz CT molecular complexity index is 304. The zero-order chi connectivity index (χ0) is 11.6. The normalized spacial score (nSPS) is 25.1. The number of nitrogens with zero attached hydrogens (tertiary/aromatic N) is 1. The fourth-order valence-electron chi connectivity index (χ4n) is 2.62. The van der Waals surface area contributed by atoms with Crippen molar-refractivity contribution in [1.82, 2.24) is 5.32 Å². The van der Waals surface area contributed by atoms with Crippen molar-refractivity contribution in [3.63, 3.8) is 0 Å². The minimum atomic E-state index is -0.725. The number of nitrogens with one attached hydrogen (secondary N) is 1. The van der Waals surface area contributed by atoms with Crippen molar-refractivity contribution < 1.29 is 10.0 Å². The molecule has 0 saturated heterocycles. The Hall–Kier alpha value is -1.26. The lowest BCUT2D eigenvalue weighted by Crippen LogP contribution is -2.55. The van der Waals surface area contributed by atoms with E-state index in [1.54, 1.807) is 0 Å². The third-order valence-electron chi connectivity index (χ3n) is 3.93. The molecule has 5 heteroatoms. The maximum atomic E-state index is 12.1. The van der Waals surface area contributed by atoms with Crippen LogP contribution in [0, 0.1) is 5.41 Å². The van der Waals surface area contributed by atoms with Crippen molar-refractivity contribution >= 4 is 11.7 Å². The molecule has 16 heavy (non-hydrogen) atoms. The van der Waals surface area contributed by atoms with E-state index in [2.05, 4.69) is 10.5 Å². The number of oxime groups is 1. The number of amides is 1. The Labute approximate surface area is 95.1 Å². The molecule has 0 heterocycles. The van der Waals surface area contributed by atoms with Gasteiger partial charge in [0.05, 0.1) is 0 Å². The van der Waals surface area contributed by atoms with Gasteiger partial charge in [-0.25, -0.2) is 0 Å². The van der Waals surface area contributed by atoms with Crippen LogP contribution in [-0.4, -0.2) is 23.0 Å². The molecule has 0 bridgehead atoms. The van der Waals surface area contributed by atoms with Crippen LogP contribution in [0.3, 0.4) is 0 Å². The predicted molar refractivity (Wildman–Crippen MR) is 60.1 cm³/mol. The molecule has 2 fully saturated rings. The molecular formula is C11H19N3O2. The molecule has 0 radical (unpaired) electrons. The van der Waals surface area contributed by atoms with E-state index in [0.29, 0.717) is 12.8 Å². The van der Waals surface area contributed by atoms with Crippen LogP contribution in [-0.2, 0) is 4.79 Å². The van der Waals surface area contributed by atoms with Crippen molar-refractivity contribution in [2.24, 2.45) is 16.3 Å². The van der Waals surface area contributed by atoms with Crippen molar-refractivity contribution in [3.05, 3.63) is 0 Å². The summed E-state index contributed by atoms with van der Waals surface area (Å²) in [5.41, 5.74) is 4.90. The first-order valence-electron chi connectivity index (χ1n) is 5.98. The van der Waals surface area contributed by atoms with Crippen LogP contribution in [0.4, 0.5) is 0 Å². The Kier molecular flexibility index (Phi) is 3.03. The molecule has 2 aliphatic carbocycles. The zero-order valence-corrected chi connectivity index (χ0v) is 9.41. The van der Waals surface area contributed by atoms with Gasteiger partial charge in [0.25, 0.3) is 0 Å². The average molecular weight is 225 g/mol. The van der Waals surface area contributed by atoms with Crippen LogP contribution < -0.4 is 11.1 Å². The van der Waals surface area contributed by atoms with E-state index >= 15 is 0 Å². The summed E-state index contributed by atoms with van der Waals surface area (Å²) in [5, 5.41) is 14.8. The van der Waals surface area contributed by atoms with E-state index in [1.807, 2.05) is 0 Å². The molecule has 90 valence electrons. The number of carbonyl (C=O) groups is 1. The third kappa shape index (κ3) is 1.74. The standard InChI is InChI=1S/C11H19N3O2/c12-9(14-16)11(6-3-7-11)10(15)13-8-4-1-2-5-8/h8,16H,1-7H2,(H2,12,14)(H,13,15). The van der Waals surface area contributed by atoms with E-state index < -0.39 is 5.41 Å².